The van der Waals surface area contributed by atoms with Crippen LogP contribution in [-0.4, -0.2) is 36.3 Å². The predicted molar refractivity (Wildman–Crippen MR) is 76.4 cm³/mol. The lowest BCUT2D eigenvalue weighted by atomic mass is 10.2. The zero-order valence-electron chi connectivity index (χ0n) is 11.8. The number of aromatic nitrogens is 6. The monoisotopic (exact) mass is 285 g/mol. The number of fused-ring (bicyclic) bond motifs is 1. The third-order valence-electron chi connectivity index (χ3n) is 3.33. The Morgan fingerprint density at radius 2 is 2.29 bits per heavy atom. The number of aromatic amines is 1. The van der Waals surface area contributed by atoms with Gasteiger partial charge >= 0.3 is 0 Å². The molecule has 0 saturated carbocycles. The van der Waals surface area contributed by atoms with E-state index in [2.05, 4.69) is 25.7 Å². The molecule has 8 nitrogen and oxygen atoms in total. The van der Waals surface area contributed by atoms with Crippen LogP contribution in [0.3, 0.4) is 0 Å². The number of nitrogens with one attached hydrogen (secondary N) is 1. The standard InChI is InChI=1S/C13H15N7O/c1-3-13(21)20(8-12-15-17-18-16-12)10-4-5-11-9(6-10)7-14-19(11)2/h4-7H,3,8H2,1-2H3,(H,15,16,17,18). The van der Waals surface area contributed by atoms with Gasteiger partial charge in [0.25, 0.3) is 0 Å². The van der Waals surface area contributed by atoms with E-state index in [0.717, 1.165) is 16.6 Å². The minimum Gasteiger partial charge on any atom is -0.305 e. The van der Waals surface area contributed by atoms with Gasteiger partial charge < -0.3 is 4.90 Å². The lowest BCUT2D eigenvalue weighted by Crippen LogP contribution is -2.30. The normalized spacial score (nSPS) is 11.0. The summed E-state index contributed by atoms with van der Waals surface area (Å²) >= 11 is 0. The highest BCUT2D eigenvalue weighted by Gasteiger charge is 2.17. The minimum absolute atomic E-state index is 0.00282. The van der Waals surface area contributed by atoms with Crippen LogP contribution in [0.15, 0.2) is 24.4 Å². The third kappa shape index (κ3) is 2.47. The van der Waals surface area contributed by atoms with Crippen LogP contribution in [0.1, 0.15) is 19.2 Å². The number of aryl methyl sites for hydroxylation is 1. The molecule has 3 rings (SSSR count). The third-order valence-corrected chi connectivity index (χ3v) is 3.33. The average molecular weight is 285 g/mol. The molecule has 8 heteroatoms. The molecule has 0 aliphatic rings. The fraction of sp³-hybridized carbons (Fsp3) is 0.308. The molecule has 0 atom stereocenters. The first-order valence-corrected chi connectivity index (χ1v) is 6.63. The molecule has 0 unspecified atom stereocenters. The molecular formula is C13H15N7O. The Bertz CT molecular complexity index is 762. The number of rotatable bonds is 4. The first-order chi connectivity index (χ1) is 10.2. The van der Waals surface area contributed by atoms with E-state index < -0.39 is 0 Å². The van der Waals surface area contributed by atoms with Crippen LogP contribution in [0.5, 0.6) is 0 Å². The van der Waals surface area contributed by atoms with Crippen LogP contribution in [0.25, 0.3) is 10.9 Å². The summed E-state index contributed by atoms with van der Waals surface area (Å²) in [5.41, 5.74) is 1.81. The summed E-state index contributed by atoms with van der Waals surface area (Å²) in [6, 6.07) is 5.79. The van der Waals surface area contributed by atoms with Gasteiger partial charge in [0.2, 0.25) is 5.91 Å². The van der Waals surface area contributed by atoms with Crippen molar-refractivity contribution in [1.82, 2.24) is 30.4 Å². The van der Waals surface area contributed by atoms with Crippen LogP contribution in [0.2, 0.25) is 0 Å². The number of anilines is 1. The molecule has 3 aromatic rings. The van der Waals surface area contributed by atoms with Gasteiger partial charge in [-0.1, -0.05) is 12.1 Å². The van der Waals surface area contributed by atoms with E-state index in [1.165, 1.54) is 0 Å². The number of carbonyl (C=O) groups excluding carboxylic acids is 1. The van der Waals surface area contributed by atoms with E-state index in [9.17, 15) is 4.79 Å². The van der Waals surface area contributed by atoms with Crippen molar-refractivity contribution < 1.29 is 4.79 Å². The van der Waals surface area contributed by atoms with Crippen LogP contribution < -0.4 is 4.90 Å². The van der Waals surface area contributed by atoms with Gasteiger partial charge in [-0.05, 0) is 18.2 Å². The number of tetrazole rings is 1. The van der Waals surface area contributed by atoms with Gasteiger partial charge in [-0.15, -0.1) is 10.2 Å². The zero-order valence-corrected chi connectivity index (χ0v) is 11.8. The Kier molecular flexibility index (Phi) is 3.35. The van der Waals surface area contributed by atoms with Gasteiger partial charge in [0.05, 0.1) is 18.3 Å². The molecule has 1 amide bonds. The maximum atomic E-state index is 12.2. The van der Waals surface area contributed by atoms with Gasteiger partial charge in [0.1, 0.15) is 0 Å². The fourth-order valence-corrected chi connectivity index (χ4v) is 2.22. The van der Waals surface area contributed by atoms with E-state index in [1.807, 2.05) is 32.2 Å². The van der Waals surface area contributed by atoms with Gasteiger partial charge in [-0.3, -0.25) is 9.48 Å². The smallest absolute Gasteiger partial charge is 0.227 e. The molecule has 108 valence electrons. The number of benzene rings is 1. The van der Waals surface area contributed by atoms with Crippen LogP contribution in [0.4, 0.5) is 5.69 Å². The lowest BCUT2D eigenvalue weighted by Gasteiger charge is -2.20. The number of amides is 1. The Labute approximate surface area is 120 Å². The van der Waals surface area contributed by atoms with Gasteiger partial charge in [0.15, 0.2) is 5.82 Å². The summed E-state index contributed by atoms with van der Waals surface area (Å²) < 4.78 is 1.80. The van der Waals surface area contributed by atoms with Crippen molar-refractivity contribution >= 4 is 22.5 Å². The number of carbonyl (C=O) groups is 1. The topological polar surface area (TPSA) is 92.6 Å². The molecule has 0 spiro atoms. The quantitative estimate of drug-likeness (QED) is 0.772. The fourth-order valence-electron chi connectivity index (χ4n) is 2.22. The molecule has 2 heterocycles. The molecule has 21 heavy (non-hydrogen) atoms. The lowest BCUT2D eigenvalue weighted by molar-refractivity contribution is -0.118. The van der Waals surface area contributed by atoms with Crippen molar-refractivity contribution in [3.05, 3.63) is 30.2 Å². The highest BCUT2D eigenvalue weighted by Crippen LogP contribution is 2.23. The van der Waals surface area contributed by atoms with Gasteiger partial charge in [0, 0.05) is 24.5 Å². The molecular weight excluding hydrogens is 270 g/mol. The van der Waals surface area contributed by atoms with Crippen LogP contribution in [0, 0.1) is 0 Å². The van der Waals surface area contributed by atoms with E-state index in [1.54, 1.807) is 15.8 Å². The summed E-state index contributed by atoms with van der Waals surface area (Å²) in [7, 11) is 1.89. The van der Waals surface area contributed by atoms with Crippen molar-refractivity contribution in [1.29, 1.82) is 0 Å². The van der Waals surface area contributed by atoms with Crippen molar-refractivity contribution in [2.45, 2.75) is 19.9 Å². The van der Waals surface area contributed by atoms with E-state index in [0.29, 0.717) is 12.2 Å². The first kappa shape index (κ1) is 13.2. The minimum atomic E-state index is 0.00282. The summed E-state index contributed by atoms with van der Waals surface area (Å²) in [5.74, 6) is 0.478. The Hall–Kier alpha value is -2.77. The molecule has 0 aliphatic carbocycles. The largest absolute Gasteiger partial charge is 0.305 e. The second-order valence-electron chi connectivity index (χ2n) is 4.67. The van der Waals surface area contributed by atoms with E-state index >= 15 is 0 Å². The molecule has 0 saturated heterocycles. The van der Waals surface area contributed by atoms with Crippen LogP contribution >= 0.6 is 0 Å². The molecule has 0 radical (unpaired) electrons. The summed E-state index contributed by atoms with van der Waals surface area (Å²) in [4.78, 5) is 13.8. The molecule has 0 fully saturated rings. The van der Waals surface area contributed by atoms with Gasteiger partial charge in [-0.2, -0.15) is 10.3 Å². The molecule has 1 N–H and O–H groups in total. The summed E-state index contributed by atoms with van der Waals surface area (Å²) in [6.07, 6.45) is 2.19. The Morgan fingerprint density at radius 1 is 1.43 bits per heavy atom. The average Bonchev–Trinajstić information content (AvgIpc) is 3.14. The molecule has 2 aromatic heterocycles. The van der Waals surface area contributed by atoms with Crippen molar-refractivity contribution in [2.75, 3.05) is 4.90 Å². The van der Waals surface area contributed by atoms with Crippen molar-refractivity contribution in [3.8, 4) is 0 Å². The molecule has 0 bridgehead atoms. The number of hydrogen-bond donors (Lipinski definition) is 1. The summed E-state index contributed by atoms with van der Waals surface area (Å²) in [5, 5.41) is 18.9. The highest BCUT2D eigenvalue weighted by atomic mass is 16.2. The molecule has 1 aromatic carbocycles. The van der Waals surface area contributed by atoms with Gasteiger partial charge in [-0.25, -0.2) is 0 Å². The predicted octanol–water partition coefficient (Wildman–Crippen LogP) is 1.03. The summed E-state index contributed by atoms with van der Waals surface area (Å²) in [6.45, 7) is 2.11. The van der Waals surface area contributed by atoms with E-state index in [-0.39, 0.29) is 12.5 Å². The second kappa shape index (κ2) is 5.31. The maximum Gasteiger partial charge on any atom is 0.227 e. The first-order valence-electron chi connectivity index (χ1n) is 6.63. The van der Waals surface area contributed by atoms with Crippen LogP contribution in [-0.2, 0) is 18.4 Å². The number of H-pyrrole nitrogens is 1. The number of hydrogen-bond acceptors (Lipinski definition) is 5. The highest BCUT2D eigenvalue weighted by molar-refractivity contribution is 5.95. The zero-order chi connectivity index (χ0) is 14.8. The Balaban J connectivity index is 1.98. The number of nitrogens with zero attached hydrogens (tertiary/aromatic N) is 6. The molecule has 0 aliphatic heterocycles. The van der Waals surface area contributed by atoms with E-state index in [4.69, 9.17) is 0 Å². The van der Waals surface area contributed by atoms with Crippen molar-refractivity contribution in [2.24, 2.45) is 7.05 Å². The maximum absolute atomic E-state index is 12.2. The Morgan fingerprint density at radius 3 is 3.00 bits per heavy atom. The SMILES string of the molecule is CCC(=O)N(Cc1nn[nH]n1)c1ccc2c(cnn2C)c1. The second-order valence-corrected chi connectivity index (χ2v) is 4.67. The van der Waals surface area contributed by atoms with Crippen molar-refractivity contribution in [3.63, 3.8) is 0 Å².